The van der Waals surface area contributed by atoms with E-state index in [2.05, 4.69) is 4.98 Å². The van der Waals surface area contributed by atoms with Crippen LogP contribution in [0, 0.1) is 6.92 Å². The van der Waals surface area contributed by atoms with E-state index in [0.717, 1.165) is 0 Å². The SMILES string of the molecule is Cc1csc(C(=O)C(F)(F)F)n1. The summed E-state index contributed by atoms with van der Waals surface area (Å²) in [6.45, 7) is 1.53. The molecule has 0 aliphatic heterocycles. The van der Waals surface area contributed by atoms with Gasteiger partial charge in [-0.2, -0.15) is 13.2 Å². The van der Waals surface area contributed by atoms with Gasteiger partial charge < -0.3 is 0 Å². The summed E-state index contributed by atoms with van der Waals surface area (Å²) in [4.78, 5) is 13.9. The molecule has 0 aromatic carbocycles. The van der Waals surface area contributed by atoms with E-state index in [-0.39, 0.29) is 0 Å². The number of carbonyl (C=O) groups excluding carboxylic acids is 1. The average Bonchev–Trinajstić information content (AvgIpc) is 2.32. The maximum atomic E-state index is 11.8. The zero-order chi connectivity index (χ0) is 9.35. The lowest BCUT2D eigenvalue weighted by Gasteiger charge is -1.99. The van der Waals surface area contributed by atoms with Crippen LogP contribution in [-0.4, -0.2) is 16.9 Å². The molecule has 0 saturated carbocycles. The summed E-state index contributed by atoms with van der Waals surface area (Å²) in [5, 5.41) is 0.902. The van der Waals surface area contributed by atoms with Crippen molar-refractivity contribution in [2.45, 2.75) is 13.1 Å². The van der Waals surface area contributed by atoms with E-state index in [1.165, 1.54) is 12.3 Å². The standard InChI is InChI=1S/C6H4F3NOS/c1-3-2-12-5(10-3)4(11)6(7,8)9/h2H,1H3. The topological polar surface area (TPSA) is 30.0 Å². The molecule has 0 saturated heterocycles. The third-order valence-corrected chi connectivity index (χ3v) is 2.03. The van der Waals surface area contributed by atoms with Crippen molar-refractivity contribution >= 4 is 17.1 Å². The Balaban J connectivity index is 2.93. The molecule has 0 aliphatic rings. The fraction of sp³-hybridized carbons (Fsp3) is 0.333. The number of hydrogen-bond donors (Lipinski definition) is 0. The van der Waals surface area contributed by atoms with Gasteiger partial charge in [-0.1, -0.05) is 0 Å². The number of Topliss-reactive ketones (excluding diaryl/α,β-unsaturated/α-hetero) is 1. The first-order chi connectivity index (χ1) is 5.41. The van der Waals surface area contributed by atoms with Gasteiger partial charge in [-0.3, -0.25) is 4.79 Å². The lowest BCUT2D eigenvalue weighted by molar-refractivity contribution is -0.0885. The molecule has 0 spiro atoms. The Kier molecular flexibility index (Phi) is 2.18. The molecule has 2 nitrogen and oxygen atoms in total. The van der Waals surface area contributed by atoms with Gasteiger partial charge in [-0.15, -0.1) is 11.3 Å². The molecule has 0 unspecified atom stereocenters. The molecule has 1 aromatic rings. The largest absolute Gasteiger partial charge is 0.457 e. The Morgan fingerprint density at radius 2 is 2.17 bits per heavy atom. The minimum absolute atomic E-state index is 0.424. The molecule has 1 aromatic heterocycles. The van der Waals surface area contributed by atoms with E-state index in [1.807, 2.05) is 0 Å². The van der Waals surface area contributed by atoms with Crippen molar-refractivity contribution in [3.05, 3.63) is 16.1 Å². The minimum atomic E-state index is -4.82. The van der Waals surface area contributed by atoms with Gasteiger partial charge in [-0.05, 0) is 6.92 Å². The molecule has 1 heterocycles. The second-order valence-corrected chi connectivity index (χ2v) is 2.98. The number of thiazole rings is 1. The third kappa shape index (κ3) is 1.82. The molecule has 66 valence electrons. The number of halogens is 3. The number of nitrogens with zero attached hydrogens (tertiary/aromatic N) is 1. The van der Waals surface area contributed by atoms with Gasteiger partial charge in [0.2, 0.25) is 0 Å². The van der Waals surface area contributed by atoms with Crippen molar-refractivity contribution < 1.29 is 18.0 Å². The molecule has 0 bridgehead atoms. The van der Waals surface area contributed by atoms with Crippen LogP contribution in [0.15, 0.2) is 5.38 Å². The van der Waals surface area contributed by atoms with Gasteiger partial charge >= 0.3 is 6.18 Å². The number of rotatable bonds is 1. The van der Waals surface area contributed by atoms with E-state index >= 15 is 0 Å². The van der Waals surface area contributed by atoms with Crippen LogP contribution in [-0.2, 0) is 0 Å². The highest BCUT2D eigenvalue weighted by Gasteiger charge is 2.41. The number of alkyl halides is 3. The fourth-order valence-electron chi connectivity index (χ4n) is 0.580. The molecule has 0 aliphatic carbocycles. The third-order valence-electron chi connectivity index (χ3n) is 1.07. The number of aryl methyl sites for hydroxylation is 1. The van der Waals surface area contributed by atoms with Gasteiger partial charge in [-0.25, -0.2) is 4.98 Å². The molecule has 12 heavy (non-hydrogen) atoms. The highest BCUT2D eigenvalue weighted by molar-refractivity contribution is 7.11. The van der Waals surface area contributed by atoms with Crippen molar-refractivity contribution in [3.8, 4) is 0 Å². The van der Waals surface area contributed by atoms with E-state index in [9.17, 15) is 18.0 Å². The Morgan fingerprint density at radius 1 is 1.58 bits per heavy atom. The van der Waals surface area contributed by atoms with Crippen LogP contribution >= 0.6 is 11.3 Å². The number of ketones is 1. The maximum Gasteiger partial charge on any atom is 0.457 e. The Bertz CT molecular complexity index is 304. The number of carbonyl (C=O) groups is 1. The molecule has 0 fully saturated rings. The first-order valence-corrected chi connectivity index (χ1v) is 3.83. The summed E-state index contributed by atoms with van der Waals surface area (Å²) in [5.41, 5.74) is 0.424. The highest BCUT2D eigenvalue weighted by atomic mass is 32.1. The van der Waals surface area contributed by atoms with Crippen molar-refractivity contribution in [1.82, 2.24) is 4.98 Å². The normalized spacial score (nSPS) is 11.7. The van der Waals surface area contributed by atoms with Crippen molar-refractivity contribution in [3.63, 3.8) is 0 Å². The van der Waals surface area contributed by atoms with E-state index in [0.29, 0.717) is 17.0 Å². The predicted octanol–water partition coefficient (Wildman–Crippen LogP) is 2.20. The molecule has 0 N–H and O–H groups in total. The Labute approximate surface area is 70.0 Å². The van der Waals surface area contributed by atoms with Crippen LogP contribution in [0.1, 0.15) is 15.5 Å². The van der Waals surface area contributed by atoms with Gasteiger partial charge in [0.1, 0.15) is 0 Å². The molecular weight excluding hydrogens is 191 g/mol. The lowest BCUT2D eigenvalue weighted by atomic mass is 10.4. The monoisotopic (exact) mass is 195 g/mol. The summed E-state index contributed by atoms with van der Waals surface area (Å²) >= 11 is 0.704. The van der Waals surface area contributed by atoms with Gasteiger partial charge in [0.15, 0.2) is 5.01 Å². The first kappa shape index (κ1) is 9.18. The maximum absolute atomic E-state index is 11.8. The zero-order valence-electron chi connectivity index (χ0n) is 5.97. The summed E-state index contributed by atoms with van der Waals surface area (Å²) in [5.74, 6) is -1.87. The second-order valence-electron chi connectivity index (χ2n) is 2.12. The predicted molar refractivity (Wildman–Crippen MR) is 37.2 cm³/mol. The van der Waals surface area contributed by atoms with Crippen molar-refractivity contribution in [2.75, 3.05) is 0 Å². The first-order valence-electron chi connectivity index (χ1n) is 2.95. The van der Waals surface area contributed by atoms with E-state index in [4.69, 9.17) is 0 Å². The smallest absolute Gasteiger partial charge is 0.281 e. The minimum Gasteiger partial charge on any atom is -0.281 e. The van der Waals surface area contributed by atoms with Crippen LogP contribution in [0.4, 0.5) is 13.2 Å². The quantitative estimate of drug-likeness (QED) is 0.643. The number of hydrogen-bond acceptors (Lipinski definition) is 3. The van der Waals surface area contributed by atoms with Gasteiger partial charge in [0.25, 0.3) is 5.78 Å². The average molecular weight is 195 g/mol. The molecule has 0 radical (unpaired) electrons. The zero-order valence-corrected chi connectivity index (χ0v) is 6.79. The summed E-state index contributed by atoms with van der Waals surface area (Å²) < 4.78 is 35.3. The second kappa shape index (κ2) is 2.85. The molecule has 6 heteroatoms. The van der Waals surface area contributed by atoms with E-state index in [1.54, 1.807) is 0 Å². The molecule has 0 atom stereocenters. The lowest BCUT2D eigenvalue weighted by Crippen LogP contribution is -2.22. The highest BCUT2D eigenvalue weighted by Crippen LogP contribution is 2.23. The summed E-state index contributed by atoms with van der Waals surface area (Å²) in [6.07, 6.45) is -4.82. The van der Waals surface area contributed by atoms with Crippen molar-refractivity contribution in [2.24, 2.45) is 0 Å². The molecule has 1 rings (SSSR count). The number of aromatic nitrogens is 1. The fourth-order valence-corrected chi connectivity index (χ4v) is 1.33. The van der Waals surface area contributed by atoms with Crippen molar-refractivity contribution in [1.29, 1.82) is 0 Å². The van der Waals surface area contributed by atoms with Gasteiger partial charge in [0, 0.05) is 11.1 Å². The van der Waals surface area contributed by atoms with Gasteiger partial charge in [0.05, 0.1) is 0 Å². The Hall–Kier alpha value is -0.910. The van der Waals surface area contributed by atoms with E-state index < -0.39 is 17.0 Å². The van der Waals surface area contributed by atoms with Crippen LogP contribution in [0.25, 0.3) is 0 Å². The molecular formula is C6H4F3NOS. The summed E-state index contributed by atoms with van der Waals surface area (Å²) in [6, 6.07) is 0. The molecule has 0 amide bonds. The summed E-state index contributed by atoms with van der Waals surface area (Å²) in [7, 11) is 0. The van der Waals surface area contributed by atoms with Crippen LogP contribution < -0.4 is 0 Å². The Morgan fingerprint density at radius 3 is 2.50 bits per heavy atom. The van der Waals surface area contributed by atoms with Crippen LogP contribution in [0.5, 0.6) is 0 Å². The van der Waals surface area contributed by atoms with Crippen LogP contribution in [0.3, 0.4) is 0 Å². The van der Waals surface area contributed by atoms with Crippen LogP contribution in [0.2, 0.25) is 0 Å².